The van der Waals surface area contributed by atoms with Crippen molar-refractivity contribution in [3.63, 3.8) is 0 Å². The molecule has 4 aromatic rings. The van der Waals surface area contributed by atoms with Crippen LogP contribution in [-0.2, 0) is 18.3 Å². The molecule has 0 radical (unpaired) electrons. The minimum atomic E-state index is -0.202. The molecule has 0 saturated carbocycles. The summed E-state index contributed by atoms with van der Waals surface area (Å²) in [7, 11) is 1.99. The van der Waals surface area contributed by atoms with Crippen LogP contribution in [0.5, 0.6) is 5.75 Å². The van der Waals surface area contributed by atoms with Crippen molar-refractivity contribution in [3.8, 4) is 16.9 Å². The van der Waals surface area contributed by atoms with Crippen LogP contribution >= 0.6 is 0 Å². The Morgan fingerprint density at radius 2 is 1.85 bits per heavy atom. The lowest BCUT2D eigenvalue weighted by atomic mass is 10.0. The summed E-state index contributed by atoms with van der Waals surface area (Å²) in [5.41, 5.74) is 3.93. The zero-order valence-corrected chi connectivity index (χ0v) is 22.2. The van der Waals surface area contributed by atoms with Crippen LogP contribution in [0.25, 0.3) is 21.9 Å². The lowest BCUT2D eigenvalue weighted by Gasteiger charge is -2.27. The van der Waals surface area contributed by atoms with Gasteiger partial charge in [0.15, 0.2) is 0 Å². The van der Waals surface area contributed by atoms with Crippen LogP contribution in [-0.4, -0.2) is 71.1 Å². The second-order valence-electron chi connectivity index (χ2n) is 10.2. The number of pyridine rings is 1. The summed E-state index contributed by atoms with van der Waals surface area (Å²) in [6, 6.07) is 15.5. The number of piperidine rings is 1. The Bertz CT molecular complexity index is 1440. The molecule has 0 atom stereocenters. The normalized spacial score (nSPS) is 16.8. The second kappa shape index (κ2) is 11.5. The van der Waals surface area contributed by atoms with E-state index >= 15 is 0 Å². The van der Waals surface area contributed by atoms with Gasteiger partial charge < -0.3 is 20.1 Å². The Morgan fingerprint density at radius 3 is 2.64 bits per heavy atom. The lowest BCUT2D eigenvalue weighted by Crippen LogP contribution is -2.36. The Kier molecular flexibility index (Phi) is 7.53. The van der Waals surface area contributed by atoms with Crippen molar-refractivity contribution in [2.24, 2.45) is 7.05 Å². The highest BCUT2D eigenvalue weighted by atomic mass is 16.5. The average Bonchev–Trinajstić information content (AvgIpc) is 3.33. The molecule has 2 aromatic carbocycles. The molecule has 0 unspecified atom stereocenters. The van der Waals surface area contributed by atoms with Gasteiger partial charge in [-0.1, -0.05) is 12.1 Å². The smallest absolute Gasteiger partial charge is 0.256 e. The van der Waals surface area contributed by atoms with Crippen LogP contribution in [0.15, 0.2) is 60.9 Å². The number of anilines is 1. The minimum absolute atomic E-state index is 0.202. The van der Waals surface area contributed by atoms with E-state index in [4.69, 9.17) is 9.47 Å². The molecule has 0 aliphatic carbocycles. The van der Waals surface area contributed by atoms with Gasteiger partial charge in [0.25, 0.3) is 5.91 Å². The van der Waals surface area contributed by atoms with Gasteiger partial charge in [-0.05, 0) is 73.3 Å². The first kappa shape index (κ1) is 25.5. The maximum Gasteiger partial charge on any atom is 0.256 e. The first-order valence-corrected chi connectivity index (χ1v) is 13.6. The van der Waals surface area contributed by atoms with E-state index in [9.17, 15) is 4.79 Å². The topological polar surface area (TPSA) is 93.5 Å². The number of rotatable bonds is 7. The van der Waals surface area contributed by atoms with E-state index in [1.807, 2.05) is 36.1 Å². The lowest BCUT2D eigenvalue weighted by molar-refractivity contribution is 0.0332. The van der Waals surface area contributed by atoms with Crippen LogP contribution in [0.2, 0.25) is 0 Å². The number of benzene rings is 2. The quantitative estimate of drug-likeness (QED) is 0.378. The van der Waals surface area contributed by atoms with Crippen molar-refractivity contribution >= 4 is 22.5 Å². The van der Waals surface area contributed by atoms with E-state index in [0.717, 1.165) is 86.4 Å². The number of aromatic nitrogens is 3. The van der Waals surface area contributed by atoms with Crippen molar-refractivity contribution in [2.45, 2.75) is 25.5 Å². The first-order chi connectivity index (χ1) is 19.1. The third kappa shape index (κ3) is 5.95. The number of morpholine rings is 1. The van der Waals surface area contributed by atoms with Crippen LogP contribution in [0, 0.1) is 0 Å². The molecule has 39 heavy (non-hydrogen) atoms. The van der Waals surface area contributed by atoms with Crippen molar-refractivity contribution in [1.82, 2.24) is 25.0 Å². The number of carbonyl (C=O) groups is 1. The van der Waals surface area contributed by atoms with Gasteiger partial charge in [-0.15, -0.1) is 0 Å². The van der Waals surface area contributed by atoms with E-state index in [0.29, 0.717) is 11.4 Å². The van der Waals surface area contributed by atoms with Gasteiger partial charge >= 0.3 is 0 Å². The van der Waals surface area contributed by atoms with Gasteiger partial charge in [-0.2, -0.15) is 5.10 Å². The molecule has 9 nitrogen and oxygen atoms in total. The maximum atomic E-state index is 13.0. The molecule has 2 N–H and O–H groups in total. The predicted molar refractivity (Wildman–Crippen MR) is 151 cm³/mol. The van der Waals surface area contributed by atoms with E-state index < -0.39 is 0 Å². The Balaban J connectivity index is 1.17. The highest BCUT2D eigenvalue weighted by Crippen LogP contribution is 2.29. The number of fused-ring (bicyclic) bond motifs is 1. The molecule has 6 rings (SSSR count). The molecule has 2 saturated heterocycles. The standard InChI is InChI=1S/C30H34N6O3/c1-35-28(20-36-12-14-38-15-13-36)27(19-33-35)22-2-3-23-18-32-29(17-24(23)16-22)34-30(37)21-4-6-25(7-5-21)39-26-8-10-31-11-9-26/h2-7,16-19,26,31H,8-15,20H2,1H3,(H,32,34,37). The van der Waals surface area contributed by atoms with Gasteiger partial charge in [-0.25, -0.2) is 4.98 Å². The summed E-state index contributed by atoms with van der Waals surface area (Å²) in [6.45, 7) is 6.15. The number of carbonyl (C=O) groups excluding carboxylic acids is 1. The molecule has 2 aliphatic heterocycles. The highest BCUT2D eigenvalue weighted by Gasteiger charge is 2.18. The van der Waals surface area contributed by atoms with Crippen molar-refractivity contribution < 1.29 is 14.3 Å². The van der Waals surface area contributed by atoms with E-state index in [-0.39, 0.29) is 12.0 Å². The highest BCUT2D eigenvalue weighted by molar-refractivity contribution is 6.04. The molecule has 202 valence electrons. The second-order valence-corrected chi connectivity index (χ2v) is 10.2. The maximum absolute atomic E-state index is 13.0. The monoisotopic (exact) mass is 526 g/mol. The molecule has 9 heteroatoms. The SMILES string of the molecule is Cn1ncc(-c2ccc3cnc(NC(=O)c4ccc(OC5CCNCC5)cc4)cc3c2)c1CN1CCOCC1. The summed E-state index contributed by atoms with van der Waals surface area (Å²) in [6.07, 6.45) is 5.93. The fourth-order valence-electron chi connectivity index (χ4n) is 5.22. The average molecular weight is 527 g/mol. The van der Waals surface area contributed by atoms with Crippen LogP contribution < -0.4 is 15.4 Å². The van der Waals surface area contributed by atoms with Crippen LogP contribution in [0.3, 0.4) is 0 Å². The summed E-state index contributed by atoms with van der Waals surface area (Å²) in [5.74, 6) is 1.10. The van der Waals surface area contributed by atoms with E-state index in [2.05, 4.69) is 43.8 Å². The fraction of sp³-hybridized carbons (Fsp3) is 0.367. The molecular weight excluding hydrogens is 492 g/mol. The van der Waals surface area contributed by atoms with Gasteiger partial charge in [0.05, 0.1) is 25.1 Å². The molecule has 0 bridgehead atoms. The zero-order chi connectivity index (χ0) is 26.6. The Morgan fingerprint density at radius 1 is 1.05 bits per heavy atom. The predicted octanol–water partition coefficient (Wildman–Crippen LogP) is 3.85. The minimum Gasteiger partial charge on any atom is -0.490 e. The number of aryl methyl sites for hydroxylation is 1. The third-order valence-corrected chi connectivity index (χ3v) is 7.52. The Hall–Kier alpha value is -3.79. The van der Waals surface area contributed by atoms with E-state index in [1.54, 1.807) is 18.3 Å². The molecule has 1 amide bonds. The van der Waals surface area contributed by atoms with Crippen LogP contribution in [0.1, 0.15) is 28.9 Å². The molecule has 2 aliphatic rings. The van der Waals surface area contributed by atoms with Crippen molar-refractivity contribution in [2.75, 3.05) is 44.7 Å². The number of hydrogen-bond donors (Lipinski definition) is 2. The Labute approximate surface area is 228 Å². The van der Waals surface area contributed by atoms with Gasteiger partial charge in [0.1, 0.15) is 17.7 Å². The van der Waals surface area contributed by atoms with Crippen LogP contribution in [0.4, 0.5) is 5.82 Å². The largest absolute Gasteiger partial charge is 0.490 e. The van der Waals surface area contributed by atoms with Crippen molar-refractivity contribution in [3.05, 3.63) is 72.2 Å². The number of hydrogen-bond acceptors (Lipinski definition) is 7. The third-order valence-electron chi connectivity index (χ3n) is 7.52. The summed E-state index contributed by atoms with van der Waals surface area (Å²) < 4.78 is 13.5. The first-order valence-electron chi connectivity index (χ1n) is 13.6. The summed E-state index contributed by atoms with van der Waals surface area (Å²) >= 11 is 0. The number of nitrogens with one attached hydrogen (secondary N) is 2. The molecule has 0 spiro atoms. The van der Waals surface area contributed by atoms with Crippen molar-refractivity contribution in [1.29, 1.82) is 0 Å². The molecule has 2 fully saturated rings. The van der Waals surface area contributed by atoms with E-state index in [1.165, 1.54) is 5.69 Å². The number of ether oxygens (including phenoxy) is 2. The summed E-state index contributed by atoms with van der Waals surface area (Å²) in [5, 5.41) is 12.8. The van der Waals surface area contributed by atoms with Gasteiger partial charge in [0, 0.05) is 49.4 Å². The molecule has 2 aromatic heterocycles. The number of nitrogens with zero attached hydrogens (tertiary/aromatic N) is 4. The fourth-order valence-corrected chi connectivity index (χ4v) is 5.22. The summed E-state index contributed by atoms with van der Waals surface area (Å²) in [4.78, 5) is 19.8. The molecular formula is C30H34N6O3. The zero-order valence-electron chi connectivity index (χ0n) is 22.2. The van der Waals surface area contributed by atoms with Gasteiger partial charge in [0.2, 0.25) is 0 Å². The molecule has 4 heterocycles. The van der Waals surface area contributed by atoms with Gasteiger partial charge in [-0.3, -0.25) is 14.4 Å². The number of amides is 1.